The highest BCUT2D eigenvalue weighted by Gasteiger charge is 2.32. The summed E-state index contributed by atoms with van der Waals surface area (Å²) in [5.41, 5.74) is 8.42. The van der Waals surface area contributed by atoms with E-state index in [1.807, 2.05) is 16.4 Å². The van der Waals surface area contributed by atoms with Crippen molar-refractivity contribution in [2.24, 2.45) is 0 Å². The normalized spacial score (nSPS) is 13.3. The van der Waals surface area contributed by atoms with Gasteiger partial charge in [0.1, 0.15) is 5.52 Å². The van der Waals surface area contributed by atoms with Crippen LogP contribution < -0.4 is 11.1 Å². The van der Waals surface area contributed by atoms with E-state index in [0.29, 0.717) is 59.7 Å². The van der Waals surface area contributed by atoms with Gasteiger partial charge < -0.3 is 15.4 Å². The Bertz CT molecular complexity index is 1140. The molecule has 168 valence electrons. The number of ether oxygens (including phenoxy) is 1. The van der Waals surface area contributed by atoms with Crippen molar-refractivity contribution in [2.45, 2.75) is 38.8 Å². The van der Waals surface area contributed by atoms with Gasteiger partial charge >= 0.3 is 0 Å². The largest absolute Gasteiger partial charge is 0.399 e. The number of fused-ring (bicyclic) bond motifs is 1. The maximum atomic E-state index is 13.0. The number of nitrogens with zero attached hydrogens (tertiary/aromatic N) is 4. The van der Waals surface area contributed by atoms with Crippen molar-refractivity contribution >= 4 is 34.6 Å². The first kappa shape index (κ1) is 21.8. The van der Waals surface area contributed by atoms with E-state index in [0.717, 1.165) is 19.3 Å². The van der Waals surface area contributed by atoms with Crippen molar-refractivity contribution < 1.29 is 14.3 Å². The average molecular weight is 437 g/mol. The van der Waals surface area contributed by atoms with Gasteiger partial charge in [-0.25, -0.2) is 9.97 Å². The number of benzene rings is 1. The van der Waals surface area contributed by atoms with Gasteiger partial charge in [-0.15, -0.1) is 0 Å². The molecule has 1 fully saturated rings. The Morgan fingerprint density at radius 3 is 2.78 bits per heavy atom. The Hall–Kier alpha value is -3.46. The van der Waals surface area contributed by atoms with Crippen LogP contribution in [0.3, 0.4) is 0 Å². The molecule has 0 saturated heterocycles. The molecule has 2 amide bonds. The fourth-order valence-electron chi connectivity index (χ4n) is 3.78. The summed E-state index contributed by atoms with van der Waals surface area (Å²) in [6, 6.07) is 8.82. The average Bonchev–Trinajstić information content (AvgIpc) is 3.56. The van der Waals surface area contributed by atoms with Gasteiger partial charge in [-0.2, -0.15) is 0 Å². The number of amides is 2. The Morgan fingerprint density at radius 2 is 2.09 bits per heavy atom. The number of nitrogens with one attached hydrogen (secondary N) is 1. The first-order valence-electron chi connectivity index (χ1n) is 10.8. The van der Waals surface area contributed by atoms with Gasteiger partial charge in [0.25, 0.3) is 11.8 Å². The Balaban J connectivity index is 1.66. The number of carbonyl (C=O) groups is 2. The molecule has 1 saturated carbocycles. The molecule has 32 heavy (non-hydrogen) atoms. The van der Waals surface area contributed by atoms with E-state index < -0.39 is 0 Å². The summed E-state index contributed by atoms with van der Waals surface area (Å²) in [5.74, 6) is 0.0154. The highest BCUT2D eigenvalue weighted by Crippen LogP contribution is 2.28. The summed E-state index contributed by atoms with van der Waals surface area (Å²) < 4.78 is 7.01. The highest BCUT2D eigenvalue weighted by atomic mass is 16.5. The summed E-state index contributed by atoms with van der Waals surface area (Å²) in [6.45, 7) is 3.76. The molecule has 0 aliphatic heterocycles. The molecule has 0 bridgehead atoms. The second-order valence-electron chi connectivity index (χ2n) is 7.90. The number of aromatic nitrogens is 3. The zero-order chi connectivity index (χ0) is 22.7. The summed E-state index contributed by atoms with van der Waals surface area (Å²) >= 11 is 0. The number of nitrogen functional groups attached to an aromatic ring is 1. The number of anilines is 2. The number of imidazole rings is 1. The number of hydrogen-bond acceptors (Lipinski definition) is 6. The molecule has 0 atom stereocenters. The molecule has 9 heteroatoms. The predicted octanol–water partition coefficient (Wildman–Crippen LogP) is 2.93. The van der Waals surface area contributed by atoms with Gasteiger partial charge in [-0.05, 0) is 50.5 Å². The summed E-state index contributed by atoms with van der Waals surface area (Å²) in [7, 11) is 1.64. The Morgan fingerprint density at radius 1 is 1.28 bits per heavy atom. The van der Waals surface area contributed by atoms with E-state index in [4.69, 9.17) is 10.5 Å². The van der Waals surface area contributed by atoms with E-state index in [1.165, 1.54) is 0 Å². The van der Waals surface area contributed by atoms with Gasteiger partial charge in [0, 0.05) is 50.3 Å². The van der Waals surface area contributed by atoms with E-state index >= 15 is 0 Å². The van der Waals surface area contributed by atoms with E-state index in [-0.39, 0.29) is 11.8 Å². The van der Waals surface area contributed by atoms with Crippen molar-refractivity contribution in [3.8, 4) is 0 Å². The van der Waals surface area contributed by atoms with Crippen LogP contribution in [0.4, 0.5) is 11.6 Å². The van der Waals surface area contributed by atoms with E-state index in [2.05, 4.69) is 15.3 Å². The lowest BCUT2D eigenvalue weighted by molar-refractivity contribution is 0.0752. The molecule has 1 aliphatic rings. The Labute approximate surface area is 186 Å². The topological polar surface area (TPSA) is 115 Å². The molecule has 9 nitrogen and oxygen atoms in total. The fraction of sp³-hybridized carbons (Fsp3) is 0.391. The summed E-state index contributed by atoms with van der Waals surface area (Å²) in [4.78, 5) is 36.7. The molecule has 2 aromatic heterocycles. The predicted molar refractivity (Wildman–Crippen MR) is 123 cm³/mol. The van der Waals surface area contributed by atoms with Crippen molar-refractivity contribution in [3.63, 3.8) is 0 Å². The van der Waals surface area contributed by atoms with Crippen molar-refractivity contribution in [1.29, 1.82) is 0 Å². The van der Waals surface area contributed by atoms with Crippen LogP contribution >= 0.6 is 0 Å². The maximum Gasteiger partial charge on any atom is 0.258 e. The molecule has 3 aromatic rings. The van der Waals surface area contributed by atoms with Gasteiger partial charge in [0.15, 0.2) is 5.65 Å². The van der Waals surface area contributed by atoms with Gasteiger partial charge in [0.05, 0.1) is 5.56 Å². The first-order valence-corrected chi connectivity index (χ1v) is 10.8. The zero-order valence-electron chi connectivity index (χ0n) is 18.4. The fourth-order valence-corrected chi connectivity index (χ4v) is 3.78. The van der Waals surface area contributed by atoms with Crippen LogP contribution in [0, 0.1) is 0 Å². The third-order valence-electron chi connectivity index (χ3n) is 5.53. The quantitative estimate of drug-likeness (QED) is 0.394. The molecule has 0 unspecified atom stereocenters. The molecule has 0 radical (unpaired) electrons. The van der Waals surface area contributed by atoms with Gasteiger partial charge in [-0.3, -0.25) is 19.5 Å². The second-order valence-corrected chi connectivity index (χ2v) is 7.90. The number of methoxy groups -OCH3 is 1. The van der Waals surface area contributed by atoms with Crippen LogP contribution in [0.5, 0.6) is 0 Å². The zero-order valence-corrected chi connectivity index (χ0v) is 18.4. The smallest absolute Gasteiger partial charge is 0.258 e. The lowest BCUT2D eigenvalue weighted by atomic mass is 10.2. The van der Waals surface area contributed by atoms with Crippen molar-refractivity contribution in [3.05, 3.63) is 47.7 Å². The van der Waals surface area contributed by atoms with Crippen LogP contribution in [-0.2, 0) is 11.3 Å². The highest BCUT2D eigenvalue weighted by molar-refractivity contribution is 6.04. The lowest BCUT2D eigenvalue weighted by Gasteiger charge is -2.20. The van der Waals surface area contributed by atoms with Crippen molar-refractivity contribution in [1.82, 2.24) is 19.4 Å². The molecule has 4 rings (SSSR count). The standard InChI is InChI=1S/C23H28N6O3/c1-3-28(18-8-9-18)22(31)16-13-19-20(25-14-16)29(10-5-11-32-2)23(26-19)27-21(30)15-6-4-7-17(24)12-15/h4,6-7,12-14,18H,3,5,8-11,24H2,1-2H3,(H,26,27,30). The molecular formula is C23H28N6O3. The third kappa shape index (κ3) is 4.57. The molecule has 2 heterocycles. The number of carbonyl (C=O) groups excluding carboxylic acids is 2. The number of rotatable bonds is 9. The molecule has 3 N–H and O–H groups in total. The second kappa shape index (κ2) is 9.35. The number of hydrogen-bond donors (Lipinski definition) is 2. The Kier molecular flexibility index (Phi) is 6.36. The van der Waals surface area contributed by atoms with Crippen LogP contribution in [-0.4, -0.2) is 57.6 Å². The van der Waals surface area contributed by atoms with Crippen molar-refractivity contribution in [2.75, 3.05) is 31.3 Å². The molecule has 1 aliphatic carbocycles. The van der Waals surface area contributed by atoms with Crippen LogP contribution in [0.25, 0.3) is 11.2 Å². The minimum atomic E-state index is -0.317. The van der Waals surface area contributed by atoms with Crippen LogP contribution in [0.15, 0.2) is 36.5 Å². The third-order valence-corrected chi connectivity index (χ3v) is 5.53. The number of aryl methyl sites for hydroxylation is 1. The van der Waals surface area contributed by atoms with Crippen LogP contribution in [0.2, 0.25) is 0 Å². The minimum absolute atomic E-state index is 0.0383. The number of pyridine rings is 1. The minimum Gasteiger partial charge on any atom is -0.399 e. The van der Waals surface area contributed by atoms with Gasteiger partial charge in [0.2, 0.25) is 5.95 Å². The lowest BCUT2D eigenvalue weighted by Crippen LogP contribution is -2.32. The van der Waals surface area contributed by atoms with E-state index in [1.54, 1.807) is 43.6 Å². The molecule has 0 spiro atoms. The van der Waals surface area contributed by atoms with E-state index in [9.17, 15) is 9.59 Å². The molecule has 1 aromatic carbocycles. The summed E-state index contributed by atoms with van der Waals surface area (Å²) in [6.07, 6.45) is 4.40. The summed E-state index contributed by atoms with van der Waals surface area (Å²) in [5, 5.41) is 2.86. The van der Waals surface area contributed by atoms with Crippen LogP contribution in [0.1, 0.15) is 46.9 Å². The number of nitrogens with two attached hydrogens (primary N) is 1. The molecular weight excluding hydrogens is 408 g/mol. The van der Waals surface area contributed by atoms with Gasteiger partial charge in [-0.1, -0.05) is 6.07 Å². The first-order chi connectivity index (χ1) is 15.5. The SMILES string of the molecule is CCN(C(=O)c1cnc2c(c1)nc(NC(=O)c1cccc(N)c1)n2CCCOC)C1CC1. The maximum absolute atomic E-state index is 13.0. The monoisotopic (exact) mass is 436 g/mol.